The van der Waals surface area contributed by atoms with Gasteiger partial charge in [-0.3, -0.25) is 0 Å². The SMILES string of the molecule is COc1ncc(-c2ccc(C(C)C)cc2)cn1. The third kappa shape index (κ3) is 2.61. The molecule has 0 fully saturated rings. The Balaban J connectivity index is 2.26. The van der Waals surface area contributed by atoms with Crippen molar-refractivity contribution in [3.8, 4) is 17.1 Å². The van der Waals surface area contributed by atoms with Crippen LogP contribution in [0.5, 0.6) is 6.01 Å². The molecule has 0 saturated heterocycles. The highest BCUT2D eigenvalue weighted by atomic mass is 16.5. The van der Waals surface area contributed by atoms with Gasteiger partial charge in [0.25, 0.3) is 0 Å². The molecule has 1 heterocycles. The van der Waals surface area contributed by atoms with Crippen LogP contribution < -0.4 is 4.74 Å². The second-order valence-electron chi connectivity index (χ2n) is 4.24. The molecule has 0 saturated carbocycles. The lowest BCUT2D eigenvalue weighted by atomic mass is 10.00. The van der Waals surface area contributed by atoms with E-state index in [0.717, 1.165) is 11.1 Å². The van der Waals surface area contributed by atoms with E-state index in [4.69, 9.17) is 4.74 Å². The van der Waals surface area contributed by atoms with Gasteiger partial charge in [0.15, 0.2) is 0 Å². The second kappa shape index (κ2) is 4.95. The zero-order valence-electron chi connectivity index (χ0n) is 10.3. The topological polar surface area (TPSA) is 35.0 Å². The van der Waals surface area contributed by atoms with Crippen molar-refractivity contribution in [2.45, 2.75) is 19.8 Å². The first-order chi connectivity index (χ1) is 8.20. The fourth-order valence-electron chi connectivity index (χ4n) is 1.63. The number of aromatic nitrogens is 2. The van der Waals surface area contributed by atoms with Crippen molar-refractivity contribution >= 4 is 0 Å². The van der Waals surface area contributed by atoms with Crippen molar-refractivity contribution in [3.63, 3.8) is 0 Å². The molecule has 0 aliphatic heterocycles. The van der Waals surface area contributed by atoms with Crippen LogP contribution in [0, 0.1) is 0 Å². The van der Waals surface area contributed by atoms with Crippen LogP contribution in [0.2, 0.25) is 0 Å². The molecule has 0 bridgehead atoms. The molecule has 0 aliphatic carbocycles. The van der Waals surface area contributed by atoms with E-state index in [1.807, 2.05) is 0 Å². The molecular formula is C14H16N2O. The monoisotopic (exact) mass is 228 g/mol. The molecule has 2 rings (SSSR count). The summed E-state index contributed by atoms with van der Waals surface area (Å²) in [6, 6.07) is 8.88. The van der Waals surface area contributed by atoms with E-state index in [0.29, 0.717) is 11.9 Å². The van der Waals surface area contributed by atoms with Crippen molar-refractivity contribution in [2.75, 3.05) is 7.11 Å². The molecule has 0 spiro atoms. The molecule has 0 radical (unpaired) electrons. The first-order valence-electron chi connectivity index (χ1n) is 5.67. The zero-order valence-corrected chi connectivity index (χ0v) is 10.3. The number of nitrogens with zero attached hydrogens (tertiary/aromatic N) is 2. The minimum Gasteiger partial charge on any atom is -0.467 e. The number of hydrogen-bond acceptors (Lipinski definition) is 3. The van der Waals surface area contributed by atoms with Gasteiger partial charge >= 0.3 is 6.01 Å². The van der Waals surface area contributed by atoms with Crippen molar-refractivity contribution in [2.24, 2.45) is 0 Å². The molecule has 0 atom stereocenters. The summed E-state index contributed by atoms with van der Waals surface area (Å²) < 4.78 is 4.93. The summed E-state index contributed by atoms with van der Waals surface area (Å²) in [4.78, 5) is 8.20. The fourth-order valence-corrected chi connectivity index (χ4v) is 1.63. The van der Waals surface area contributed by atoms with Crippen LogP contribution in [0.4, 0.5) is 0 Å². The summed E-state index contributed by atoms with van der Waals surface area (Å²) in [5.41, 5.74) is 3.46. The Hall–Kier alpha value is -1.90. The molecule has 1 aromatic carbocycles. The minimum absolute atomic E-state index is 0.396. The number of ether oxygens (including phenoxy) is 1. The molecule has 0 aliphatic rings. The van der Waals surface area contributed by atoms with Gasteiger partial charge < -0.3 is 4.74 Å². The van der Waals surface area contributed by atoms with E-state index < -0.39 is 0 Å². The Bertz CT molecular complexity index is 475. The largest absolute Gasteiger partial charge is 0.467 e. The zero-order chi connectivity index (χ0) is 12.3. The third-order valence-electron chi connectivity index (χ3n) is 2.72. The predicted molar refractivity (Wildman–Crippen MR) is 68.1 cm³/mol. The average Bonchev–Trinajstić information content (AvgIpc) is 2.39. The molecule has 2 aromatic rings. The van der Waals surface area contributed by atoms with Crippen molar-refractivity contribution in [3.05, 3.63) is 42.2 Å². The van der Waals surface area contributed by atoms with Crippen LogP contribution >= 0.6 is 0 Å². The van der Waals surface area contributed by atoms with Crippen molar-refractivity contribution in [1.29, 1.82) is 0 Å². The van der Waals surface area contributed by atoms with Crippen LogP contribution in [-0.2, 0) is 0 Å². The van der Waals surface area contributed by atoms with Gasteiger partial charge in [0.1, 0.15) is 0 Å². The molecule has 17 heavy (non-hydrogen) atoms. The molecule has 3 heteroatoms. The third-order valence-corrected chi connectivity index (χ3v) is 2.72. The number of methoxy groups -OCH3 is 1. The molecule has 0 N–H and O–H groups in total. The van der Waals surface area contributed by atoms with E-state index in [1.54, 1.807) is 19.5 Å². The number of benzene rings is 1. The lowest BCUT2D eigenvalue weighted by Gasteiger charge is -2.06. The van der Waals surface area contributed by atoms with E-state index >= 15 is 0 Å². The highest BCUT2D eigenvalue weighted by Gasteiger charge is 2.02. The van der Waals surface area contributed by atoms with E-state index in [2.05, 4.69) is 48.1 Å². The normalized spacial score (nSPS) is 10.6. The Morgan fingerprint density at radius 3 is 2.00 bits per heavy atom. The summed E-state index contributed by atoms with van der Waals surface area (Å²) in [6.07, 6.45) is 3.55. The first kappa shape index (κ1) is 11.6. The van der Waals surface area contributed by atoms with Crippen molar-refractivity contribution in [1.82, 2.24) is 9.97 Å². The van der Waals surface area contributed by atoms with Gasteiger partial charge in [-0.2, -0.15) is 0 Å². The van der Waals surface area contributed by atoms with Crippen LogP contribution in [0.15, 0.2) is 36.7 Å². The lowest BCUT2D eigenvalue weighted by Crippen LogP contribution is -1.92. The van der Waals surface area contributed by atoms with Gasteiger partial charge in [-0.05, 0) is 17.0 Å². The number of rotatable bonds is 3. The Morgan fingerprint density at radius 1 is 0.941 bits per heavy atom. The molecule has 1 aromatic heterocycles. The van der Waals surface area contributed by atoms with E-state index in [-0.39, 0.29) is 0 Å². The second-order valence-corrected chi connectivity index (χ2v) is 4.24. The van der Waals surface area contributed by atoms with Crippen LogP contribution in [-0.4, -0.2) is 17.1 Å². The fraction of sp³-hybridized carbons (Fsp3) is 0.286. The average molecular weight is 228 g/mol. The standard InChI is InChI=1S/C14H16N2O/c1-10(2)11-4-6-12(7-5-11)13-8-15-14(17-3)16-9-13/h4-10H,1-3H3. The minimum atomic E-state index is 0.396. The van der Waals surface area contributed by atoms with Gasteiger partial charge in [-0.25, -0.2) is 9.97 Å². The van der Waals surface area contributed by atoms with E-state index in [1.165, 1.54) is 5.56 Å². The molecule has 0 unspecified atom stereocenters. The summed E-state index contributed by atoms with van der Waals surface area (Å²) in [7, 11) is 1.56. The van der Waals surface area contributed by atoms with Gasteiger partial charge in [0.05, 0.1) is 7.11 Å². The van der Waals surface area contributed by atoms with Gasteiger partial charge in [-0.1, -0.05) is 38.1 Å². The van der Waals surface area contributed by atoms with Gasteiger partial charge in [-0.15, -0.1) is 0 Å². The Kier molecular flexibility index (Phi) is 3.38. The van der Waals surface area contributed by atoms with E-state index in [9.17, 15) is 0 Å². The molecular weight excluding hydrogens is 212 g/mol. The summed E-state index contributed by atoms with van der Waals surface area (Å²) in [5, 5.41) is 0. The Labute approximate surface area is 102 Å². The molecule has 88 valence electrons. The summed E-state index contributed by atoms with van der Waals surface area (Å²) in [6.45, 7) is 4.37. The van der Waals surface area contributed by atoms with Gasteiger partial charge in [0.2, 0.25) is 0 Å². The van der Waals surface area contributed by atoms with Gasteiger partial charge in [0, 0.05) is 18.0 Å². The predicted octanol–water partition coefficient (Wildman–Crippen LogP) is 3.28. The smallest absolute Gasteiger partial charge is 0.316 e. The molecule has 3 nitrogen and oxygen atoms in total. The summed E-state index contributed by atoms with van der Waals surface area (Å²) in [5.74, 6) is 0.552. The maximum absolute atomic E-state index is 4.93. The van der Waals surface area contributed by atoms with Crippen molar-refractivity contribution < 1.29 is 4.74 Å². The first-order valence-corrected chi connectivity index (χ1v) is 5.67. The van der Waals surface area contributed by atoms with Crippen LogP contribution in [0.1, 0.15) is 25.3 Å². The van der Waals surface area contributed by atoms with Crippen LogP contribution in [0.25, 0.3) is 11.1 Å². The number of hydrogen-bond donors (Lipinski definition) is 0. The Morgan fingerprint density at radius 2 is 1.53 bits per heavy atom. The highest BCUT2D eigenvalue weighted by molar-refractivity contribution is 5.61. The maximum Gasteiger partial charge on any atom is 0.316 e. The lowest BCUT2D eigenvalue weighted by molar-refractivity contribution is 0.380. The van der Waals surface area contributed by atoms with Crippen LogP contribution in [0.3, 0.4) is 0 Å². The highest BCUT2D eigenvalue weighted by Crippen LogP contribution is 2.22. The summed E-state index contributed by atoms with van der Waals surface area (Å²) >= 11 is 0. The molecule has 0 amide bonds. The maximum atomic E-state index is 4.93. The quantitative estimate of drug-likeness (QED) is 0.808.